The van der Waals surface area contributed by atoms with Crippen molar-refractivity contribution < 1.29 is 4.74 Å². The maximum absolute atomic E-state index is 6.25. The van der Waals surface area contributed by atoms with Gasteiger partial charge in [0.1, 0.15) is 0 Å². The molecular formula is C21H25ClN2O. The average molecular weight is 357 g/mol. The third-order valence-electron chi connectivity index (χ3n) is 5.32. The van der Waals surface area contributed by atoms with Gasteiger partial charge in [-0.2, -0.15) is 0 Å². The quantitative estimate of drug-likeness (QED) is 0.698. The lowest BCUT2D eigenvalue weighted by Gasteiger charge is -2.34. The molecule has 0 aliphatic carbocycles. The van der Waals surface area contributed by atoms with Crippen molar-refractivity contribution in [3.63, 3.8) is 0 Å². The average Bonchev–Trinajstić information content (AvgIpc) is 2.63. The molecule has 4 rings (SSSR count). The molecule has 0 radical (unpaired) electrons. The number of fused-ring (bicyclic) bond motifs is 2. The Morgan fingerprint density at radius 2 is 1.76 bits per heavy atom. The molecule has 0 saturated carbocycles. The molecule has 3 nitrogen and oxygen atoms in total. The lowest BCUT2D eigenvalue weighted by molar-refractivity contribution is 0.191. The fourth-order valence-electron chi connectivity index (χ4n) is 3.78. The van der Waals surface area contributed by atoms with E-state index in [1.165, 1.54) is 25.9 Å². The van der Waals surface area contributed by atoms with Crippen molar-refractivity contribution in [1.82, 2.24) is 4.90 Å². The van der Waals surface area contributed by atoms with E-state index in [4.69, 9.17) is 16.3 Å². The van der Waals surface area contributed by atoms with Crippen LogP contribution in [0.5, 0.6) is 11.5 Å². The summed E-state index contributed by atoms with van der Waals surface area (Å²) < 4.78 is 6.06. The summed E-state index contributed by atoms with van der Waals surface area (Å²) in [6.45, 7) is 6.97. The first-order chi connectivity index (χ1) is 12.2. The number of halogens is 1. The van der Waals surface area contributed by atoms with E-state index in [0.717, 1.165) is 53.3 Å². The molecule has 0 amide bonds. The van der Waals surface area contributed by atoms with Crippen LogP contribution in [0.15, 0.2) is 42.5 Å². The minimum absolute atomic E-state index is 0.747. The number of nitrogens with zero attached hydrogens (tertiary/aromatic N) is 2. The van der Waals surface area contributed by atoms with Crippen molar-refractivity contribution in [2.45, 2.75) is 26.2 Å². The number of piperidine rings is 1. The van der Waals surface area contributed by atoms with Gasteiger partial charge in [-0.3, -0.25) is 0 Å². The Morgan fingerprint density at radius 1 is 1.00 bits per heavy atom. The van der Waals surface area contributed by atoms with Gasteiger partial charge in [-0.25, -0.2) is 0 Å². The molecule has 1 fully saturated rings. The summed E-state index contributed by atoms with van der Waals surface area (Å²) in [6, 6.07) is 14.1. The number of ether oxygens (including phenoxy) is 1. The predicted molar refractivity (Wildman–Crippen MR) is 104 cm³/mol. The highest BCUT2D eigenvalue weighted by atomic mass is 35.5. The van der Waals surface area contributed by atoms with E-state index >= 15 is 0 Å². The topological polar surface area (TPSA) is 15.7 Å². The van der Waals surface area contributed by atoms with Gasteiger partial charge >= 0.3 is 0 Å². The standard InChI is InChI=1S/C21H25ClN2O/c1-16-9-13-23(14-10-16)11-4-12-24-18-5-2-3-6-20(18)25-21-8-7-17(22)15-19(21)24/h2-3,5-8,15-16H,4,9-14H2,1H3. The summed E-state index contributed by atoms with van der Waals surface area (Å²) in [7, 11) is 0. The fraction of sp³-hybridized carbons (Fsp3) is 0.429. The molecule has 2 aliphatic rings. The SMILES string of the molecule is CC1CCN(CCCN2c3ccccc3Oc3ccc(Cl)cc32)CC1. The van der Waals surface area contributed by atoms with Crippen LogP contribution in [0.1, 0.15) is 26.2 Å². The second-order valence-electron chi connectivity index (χ2n) is 7.21. The van der Waals surface area contributed by atoms with Crippen molar-refractivity contribution in [3.8, 4) is 11.5 Å². The molecule has 2 heterocycles. The van der Waals surface area contributed by atoms with Crippen LogP contribution in [0, 0.1) is 5.92 Å². The minimum atomic E-state index is 0.747. The van der Waals surface area contributed by atoms with Crippen LogP contribution in [0.3, 0.4) is 0 Å². The largest absolute Gasteiger partial charge is 0.453 e. The monoisotopic (exact) mass is 356 g/mol. The molecule has 4 heteroatoms. The predicted octanol–water partition coefficient (Wildman–Crippen LogP) is 5.71. The highest BCUT2D eigenvalue weighted by Gasteiger charge is 2.24. The number of benzene rings is 2. The summed E-state index contributed by atoms with van der Waals surface area (Å²) in [4.78, 5) is 4.96. The van der Waals surface area contributed by atoms with E-state index in [2.05, 4.69) is 28.9 Å². The summed E-state index contributed by atoms with van der Waals surface area (Å²) in [5.74, 6) is 2.69. The van der Waals surface area contributed by atoms with E-state index in [0.29, 0.717) is 0 Å². The van der Waals surface area contributed by atoms with Gasteiger partial charge in [0.2, 0.25) is 0 Å². The first kappa shape index (κ1) is 16.7. The van der Waals surface area contributed by atoms with Gasteiger partial charge in [0, 0.05) is 11.6 Å². The smallest absolute Gasteiger partial charge is 0.151 e. The van der Waals surface area contributed by atoms with Crippen LogP contribution in [0.2, 0.25) is 5.02 Å². The Kier molecular flexibility index (Phi) is 4.87. The number of hydrogen-bond donors (Lipinski definition) is 0. The zero-order valence-electron chi connectivity index (χ0n) is 14.7. The lowest BCUT2D eigenvalue weighted by Crippen LogP contribution is -2.35. The molecule has 1 saturated heterocycles. The third-order valence-corrected chi connectivity index (χ3v) is 5.56. The zero-order chi connectivity index (χ0) is 17.2. The number of para-hydroxylation sites is 2. The van der Waals surface area contributed by atoms with Crippen molar-refractivity contribution in [2.75, 3.05) is 31.1 Å². The van der Waals surface area contributed by atoms with Crippen LogP contribution >= 0.6 is 11.6 Å². The van der Waals surface area contributed by atoms with E-state index in [1.807, 2.05) is 30.3 Å². The van der Waals surface area contributed by atoms with Gasteiger partial charge < -0.3 is 14.5 Å². The highest BCUT2D eigenvalue weighted by Crippen LogP contribution is 2.47. The van der Waals surface area contributed by atoms with Crippen molar-refractivity contribution in [3.05, 3.63) is 47.5 Å². The summed E-state index contributed by atoms with van der Waals surface area (Å²) in [5, 5.41) is 0.747. The van der Waals surface area contributed by atoms with Gasteiger partial charge in [-0.1, -0.05) is 30.7 Å². The molecule has 132 valence electrons. The highest BCUT2D eigenvalue weighted by molar-refractivity contribution is 6.31. The summed E-state index contributed by atoms with van der Waals surface area (Å²) in [5.41, 5.74) is 2.20. The fourth-order valence-corrected chi connectivity index (χ4v) is 3.95. The molecule has 0 unspecified atom stereocenters. The van der Waals surface area contributed by atoms with Crippen molar-refractivity contribution >= 4 is 23.0 Å². The molecule has 0 spiro atoms. The number of hydrogen-bond acceptors (Lipinski definition) is 3. The molecule has 2 aromatic rings. The molecule has 0 aromatic heterocycles. The Bertz CT molecular complexity index is 740. The number of anilines is 2. The van der Waals surface area contributed by atoms with Crippen molar-refractivity contribution in [1.29, 1.82) is 0 Å². The summed E-state index contributed by atoms with van der Waals surface area (Å²) in [6.07, 6.45) is 3.80. The van der Waals surface area contributed by atoms with Gasteiger partial charge in [0.25, 0.3) is 0 Å². The Hall–Kier alpha value is -1.71. The van der Waals surface area contributed by atoms with Crippen LogP contribution in [0.4, 0.5) is 11.4 Å². The number of likely N-dealkylation sites (tertiary alicyclic amines) is 1. The maximum atomic E-state index is 6.25. The third kappa shape index (κ3) is 3.63. The second-order valence-corrected chi connectivity index (χ2v) is 7.65. The van der Waals surface area contributed by atoms with Gasteiger partial charge in [0.15, 0.2) is 11.5 Å². The maximum Gasteiger partial charge on any atom is 0.151 e. The Morgan fingerprint density at radius 3 is 2.60 bits per heavy atom. The lowest BCUT2D eigenvalue weighted by atomic mass is 9.99. The van der Waals surface area contributed by atoms with Crippen LogP contribution < -0.4 is 9.64 Å². The van der Waals surface area contributed by atoms with E-state index in [9.17, 15) is 0 Å². The van der Waals surface area contributed by atoms with Crippen LogP contribution in [-0.2, 0) is 0 Å². The second kappa shape index (κ2) is 7.27. The molecule has 0 bridgehead atoms. The van der Waals surface area contributed by atoms with Gasteiger partial charge in [-0.05, 0) is 75.1 Å². The van der Waals surface area contributed by atoms with Gasteiger partial charge in [0.05, 0.1) is 11.4 Å². The van der Waals surface area contributed by atoms with E-state index < -0.39 is 0 Å². The number of rotatable bonds is 4. The van der Waals surface area contributed by atoms with Crippen LogP contribution in [0.25, 0.3) is 0 Å². The Labute approximate surface area is 155 Å². The molecule has 2 aromatic carbocycles. The normalized spacial score (nSPS) is 17.8. The molecule has 0 atom stereocenters. The first-order valence-electron chi connectivity index (χ1n) is 9.27. The molecule has 25 heavy (non-hydrogen) atoms. The van der Waals surface area contributed by atoms with Gasteiger partial charge in [-0.15, -0.1) is 0 Å². The van der Waals surface area contributed by atoms with Crippen molar-refractivity contribution in [2.24, 2.45) is 5.92 Å². The zero-order valence-corrected chi connectivity index (χ0v) is 15.5. The Balaban J connectivity index is 1.49. The first-order valence-corrected chi connectivity index (χ1v) is 9.65. The summed E-state index contributed by atoms with van der Waals surface area (Å²) >= 11 is 6.25. The van der Waals surface area contributed by atoms with E-state index in [1.54, 1.807) is 0 Å². The molecule has 2 aliphatic heterocycles. The molecule has 0 N–H and O–H groups in total. The molecular weight excluding hydrogens is 332 g/mol. The van der Waals surface area contributed by atoms with E-state index in [-0.39, 0.29) is 0 Å². The van der Waals surface area contributed by atoms with Crippen LogP contribution in [-0.4, -0.2) is 31.1 Å². The minimum Gasteiger partial charge on any atom is -0.453 e.